The van der Waals surface area contributed by atoms with Crippen LogP contribution in [0.25, 0.3) is 17.0 Å². The Morgan fingerprint density at radius 1 is 1.29 bits per heavy atom. The number of nitrogens with one attached hydrogen (secondary N) is 2. The molecule has 0 aliphatic heterocycles. The second kappa shape index (κ2) is 9.68. The Morgan fingerprint density at radius 3 is 2.61 bits per heavy atom. The second-order valence-electron chi connectivity index (χ2n) is 7.92. The standard InChI is InChI=1S/C22H25ClN6O.K/c1-4-14(2)21(3,20-24-11-12-25-20)22(23)10-9-15(13-18(22)30)16-7-5-6-8-17(16)19-26-28-29-27-19;/h5-9,11-14,30H,4,10H2,1-3H3,(H,24,25)(H,26,27,28,29);. The van der Waals surface area contributed by atoms with Crippen LogP contribution in [0.5, 0.6) is 0 Å². The quantitative estimate of drug-likeness (QED) is 0.371. The molecule has 0 spiro atoms. The molecule has 0 fully saturated rings. The molecule has 1 aliphatic rings. The van der Waals surface area contributed by atoms with Gasteiger partial charge in [0.2, 0.25) is 5.82 Å². The van der Waals surface area contributed by atoms with Crippen molar-refractivity contribution in [3.05, 3.63) is 66.0 Å². The topological polar surface area (TPSA) is 103 Å². The van der Waals surface area contributed by atoms with Crippen LogP contribution in [-0.4, -0.2) is 92.0 Å². The molecule has 7 nitrogen and oxygen atoms in total. The summed E-state index contributed by atoms with van der Waals surface area (Å²) in [5.74, 6) is 1.58. The first-order valence-electron chi connectivity index (χ1n) is 10.0. The molecule has 2 heterocycles. The molecule has 3 atom stereocenters. The van der Waals surface area contributed by atoms with Gasteiger partial charge >= 0.3 is 0 Å². The summed E-state index contributed by atoms with van der Waals surface area (Å²) in [4.78, 5) is 6.71. The monoisotopic (exact) mass is 463 g/mol. The molecule has 2 aromatic heterocycles. The van der Waals surface area contributed by atoms with Crippen molar-refractivity contribution >= 4 is 68.6 Å². The van der Waals surface area contributed by atoms with E-state index in [0.717, 1.165) is 28.9 Å². The number of hydrogen-bond donors (Lipinski definition) is 3. The number of aromatic nitrogens is 6. The van der Waals surface area contributed by atoms with E-state index in [1.807, 2.05) is 24.3 Å². The van der Waals surface area contributed by atoms with E-state index in [0.29, 0.717) is 12.2 Å². The van der Waals surface area contributed by atoms with E-state index >= 15 is 0 Å². The zero-order valence-corrected chi connectivity index (χ0v) is 22.1. The van der Waals surface area contributed by atoms with Crippen LogP contribution in [-0.2, 0) is 5.41 Å². The number of benzene rings is 1. The molecule has 0 bridgehead atoms. The molecule has 3 aromatic rings. The van der Waals surface area contributed by atoms with Crippen molar-refractivity contribution in [3.8, 4) is 11.4 Å². The zero-order valence-electron chi connectivity index (χ0n) is 18.2. The Kier molecular flexibility index (Phi) is 7.61. The van der Waals surface area contributed by atoms with E-state index in [-0.39, 0.29) is 63.1 Å². The summed E-state index contributed by atoms with van der Waals surface area (Å²) in [7, 11) is 0. The second-order valence-corrected chi connectivity index (χ2v) is 8.57. The maximum Gasteiger partial charge on any atom is 0.205 e. The zero-order chi connectivity index (χ0) is 21.4. The number of aliphatic hydroxyl groups is 1. The largest absolute Gasteiger partial charge is 0.510 e. The van der Waals surface area contributed by atoms with Crippen molar-refractivity contribution in [2.24, 2.45) is 5.92 Å². The molecular formula is C22H25ClKN6O. The van der Waals surface area contributed by atoms with Crippen LogP contribution in [0.15, 0.2) is 54.6 Å². The average Bonchev–Trinajstić information content (AvgIpc) is 3.49. The number of imidazole rings is 1. The van der Waals surface area contributed by atoms with Crippen molar-refractivity contribution in [2.75, 3.05) is 0 Å². The number of rotatable bonds is 6. The van der Waals surface area contributed by atoms with Crippen LogP contribution in [0.2, 0.25) is 0 Å². The number of nitrogens with zero attached hydrogens (tertiary/aromatic N) is 4. The molecule has 1 aliphatic carbocycles. The van der Waals surface area contributed by atoms with Crippen LogP contribution in [0, 0.1) is 5.92 Å². The number of aromatic amines is 2. The normalized spacial score (nSPS) is 21.4. The SMILES string of the molecule is CCC(C)C(C)(c1ncc[nH]1)C1(Cl)CC=C(c2ccccc2-c2nn[nH]n2)C=C1O.[K]. The Morgan fingerprint density at radius 2 is 2.03 bits per heavy atom. The first-order chi connectivity index (χ1) is 14.4. The van der Waals surface area contributed by atoms with Gasteiger partial charge in [0.25, 0.3) is 0 Å². The third-order valence-electron chi connectivity index (χ3n) is 6.54. The summed E-state index contributed by atoms with van der Waals surface area (Å²) < 4.78 is 0. The minimum Gasteiger partial charge on any atom is -0.510 e. The molecule has 3 N–H and O–H groups in total. The van der Waals surface area contributed by atoms with Crippen LogP contribution < -0.4 is 0 Å². The Hall–Kier alpha value is -1.29. The van der Waals surface area contributed by atoms with Crippen LogP contribution in [0.1, 0.15) is 45.0 Å². The van der Waals surface area contributed by atoms with Gasteiger partial charge in [0.15, 0.2) is 0 Å². The van der Waals surface area contributed by atoms with Crippen molar-refractivity contribution in [1.82, 2.24) is 30.6 Å². The van der Waals surface area contributed by atoms with E-state index in [1.165, 1.54) is 0 Å². The minimum atomic E-state index is -1.02. The van der Waals surface area contributed by atoms with E-state index in [2.05, 4.69) is 57.4 Å². The number of hydrogen-bond acceptors (Lipinski definition) is 5. The maximum absolute atomic E-state index is 11.3. The third-order valence-corrected chi connectivity index (χ3v) is 7.28. The third kappa shape index (κ3) is 4.10. The molecule has 4 rings (SSSR count). The van der Waals surface area contributed by atoms with Crippen LogP contribution in [0.3, 0.4) is 0 Å². The molecule has 0 amide bonds. The Balaban J connectivity index is 0.00000272. The molecule has 0 saturated heterocycles. The van der Waals surface area contributed by atoms with Gasteiger partial charge in [-0.1, -0.05) is 57.5 Å². The summed E-state index contributed by atoms with van der Waals surface area (Å²) in [6.45, 7) is 6.34. The first kappa shape index (κ1) is 24.4. The van der Waals surface area contributed by atoms with Gasteiger partial charge in [0, 0.05) is 69.3 Å². The Labute approximate surface area is 229 Å². The summed E-state index contributed by atoms with van der Waals surface area (Å²) in [5, 5.41) is 25.6. The molecule has 31 heavy (non-hydrogen) atoms. The molecule has 1 aromatic carbocycles. The van der Waals surface area contributed by atoms with Crippen molar-refractivity contribution in [1.29, 1.82) is 0 Å². The Bertz CT molecular complexity index is 1080. The molecule has 3 unspecified atom stereocenters. The number of aliphatic hydroxyl groups excluding tert-OH is 1. The summed E-state index contributed by atoms with van der Waals surface area (Å²) in [5.41, 5.74) is 2.02. The van der Waals surface area contributed by atoms with Gasteiger partial charge in [-0.15, -0.1) is 21.8 Å². The van der Waals surface area contributed by atoms with Gasteiger partial charge in [-0.25, -0.2) is 4.98 Å². The average molecular weight is 464 g/mol. The van der Waals surface area contributed by atoms with E-state index in [9.17, 15) is 5.11 Å². The van der Waals surface area contributed by atoms with E-state index in [1.54, 1.807) is 18.5 Å². The summed E-state index contributed by atoms with van der Waals surface area (Å²) in [6.07, 6.45) is 8.68. The van der Waals surface area contributed by atoms with Gasteiger partial charge in [0.05, 0.1) is 5.41 Å². The van der Waals surface area contributed by atoms with Crippen molar-refractivity contribution < 1.29 is 5.11 Å². The van der Waals surface area contributed by atoms with Gasteiger partial charge < -0.3 is 10.1 Å². The van der Waals surface area contributed by atoms with Gasteiger partial charge in [0.1, 0.15) is 16.5 Å². The minimum absolute atomic E-state index is 0. The fourth-order valence-corrected chi connectivity index (χ4v) is 4.72. The number of allylic oxidation sites excluding steroid dienone is 4. The number of tetrazole rings is 1. The van der Waals surface area contributed by atoms with Crippen molar-refractivity contribution in [2.45, 2.75) is 43.9 Å². The molecule has 0 saturated carbocycles. The first-order valence-corrected chi connectivity index (χ1v) is 10.4. The summed E-state index contributed by atoms with van der Waals surface area (Å²) >= 11 is 7.23. The summed E-state index contributed by atoms with van der Waals surface area (Å²) in [6, 6.07) is 7.77. The number of H-pyrrole nitrogens is 2. The maximum atomic E-state index is 11.3. The molecule has 1 radical (unpaired) electrons. The molecular weight excluding hydrogens is 439 g/mol. The van der Waals surface area contributed by atoms with Crippen LogP contribution >= 0.6 is 11.6 Å². The van der Waals surface area contributed by atoms with E-state index < -0.39 is 10.3 Å². The number of alkyl halides is 1. The fourth-order valence-electron chi connectivity index (χ4n) is 4.32. The predicted molar refractivity (Wildman–Crippen MR) is 123 cm³/mol. The molecule has 9 heteroatoms. The fraction of sp³-hybridized carbons (Fsp3) is 0.364. The molecule has 157 valence electrons. The number of halogens is 1. The van der Waals surface area contributed by atoms with Crippen LogP contribution in [0.4, 0.5) is 0 Å². The van der Waals surface area contributed by atoms with Gasteiger partial charge in [-0.2, -0.15) is 5.21 Å². The van der Waals surface area contributed by atoms with Gasteiger partial charge in [-0.3, -0.25) is 0 Å². The van der Waals surface area contributed by atoms with Gasteiger partial charge in [-0.05, 0) is 34.8 Å². The predicted octanol–water partition coefficient (Wildman–Crippen LogP) is 4.42. The smallest absolute Gasteiger partial charge is 0.205 e. The van der Waals surface area contributed by atoms with E-state index in [4.69, 9.17) is 11.6 Å². The van der Waals surface area contributed by atoms with Crippen molar-refractivity contribution in [3.63, 3.8) is 0 Å².